The quantitative estimate of drug-likeness (QED) is 0.901. The van der Waals surface area contributed by atoms with Crippen LogP contribution in [0.4, 0.5) is 20.2 Å². The van der Waals surface area contributed by atoms with Crippen LogP contribution in [0.2, 0.25) is 5.02 Å². The largest absolute Gasteiger partial charge is 0.387 e. The summed E-state index contributed by atoms with van der Waals surface area (Å²) < 4.78 is 53.3. The maximum Gasteiger partial charge on any atom is 0.264 e. The summed E-state index contributed by atoms with van der Waals surface area (Å²) in [6, 6.07) is 7.45. The average Bonchev–Trinajstić information content (AvgIpc) is 2.43. The fourth-order valence-electron chi connectivity index (χ4n) is 1.74. The first-order valence-corrected chi connectivity index (χ1v) is 7.65. The van der Waals surface area contributed by atoms with Crippen molar-refractivity contribution in [3.05, 3.63) is 53.1 Å². The van der Waals surface area contributed by atoms with Crippen molar-refractivity contribution in [3.63, 3.8) is 0 Å². The van der Waals surface area contributed by atoms with E-state index in [0.29, 0.717) is 11.8 Å². The number of rotatable bonds is 4. The van der Waals surface area contributed by atoms with Crippen molar-refractivity contribution in [3.8, 4) is 0 Å². The zero-order valence-corrected chi connectivity index (χ0v) is 12.4. The first kappa shape index (κ1) is 15.5. The highest BCUT2D eigenvalue weighted by atomic mass is 35.5. The Balaban J connectivity index is 2.48. The van der Waals surface area contributed by atoms with Crippen molar-refractivity contribution in [2.75, 3.05) is 17.1 Å². The number of para-hydroxylation sites is 1. The summed E-state index contributed by atoms with van der Waals surface area (Å²) in [4.78, 5) is -0.0766. The molecular formula is C13H11ClF2N2O2S. The standard InChI is InChI=1S/C13H11ClF2N2O2S/c1-17-11-4-2-3-5-12(11)21(19,20)18-13-9(14)6-8(15)7-10(13)16/h2-7,17-18H,1H3. The van der Waals surface area contributed by atoms with Crippen LogP contribution in [-0.4, -0.2) is 15.5 Å². The number of anilines is 2. The summed E-state index contributed by atoms with van der Waals surface area (Å²) in [6.45, 7) is 0. The Morgan fingerprint density at radius 3 is 2.43 bits per heavy atom. The van der Waals surface area contributed by atoms with Crippen molar-refractivity contribution in [2.45, 2.75) is 4.90 Å². The topological polar surface area (TPSA) is 58.2 Å². The molecule has 0 spiro atoms. The number of hydrogen-bond donors (Lipinski definition) is 2. The summed E-state index contributed by atoms with van der Waals surface area (Å²) in [5.41, 5.74) is -0.160. The van der Waals surface area contributed by atoms with E-state index in [9.17, 15) is 17.2 Å². The predicted molar refractivity (Wildman–Crippen MR) is 78.2 cm³/mol. The van der Waals surface area contributed by atoms with Gasteiger partial charge >= 0.3 is 0 Å². The van der Waals surface area contributed by atoms with Crippen LogP contribution in [0.25, 0.3) is 0 Å². The van der Waals surface area contributed by atoms with Crippen LogP contribution < -0.4 is 10.0 Å². The minimum Gasteiger partial charge on any atom is -0.387 e. The third kappa shape index (κ3) is 3.25. The van der Waals surface area contributed by atoms with Gasteiger partial charge < -0.3 is 5.32 Å². The lowest BCUT2D eigenvalue weighted by molar-refractivity contribution is 0.583. The lowest BCUT2D eigenvalue weighted by Crippen LogP contribution is -2.16. The number of benzene rings is 2. The summed E-state index contributed by atoms with van der Waals surface area (Å²) in [5.74, 6) is -1.98. The minimum absolute atomic E-state index is 0.0766. The molecule has 8 heteroatoms. The molecule has 0 unspecified atom stereocenters. The van der Waals surface area contributed by atoms with Crippen LogP contribution in [0.5, 0.6) is 0 Å². The van der Waals surface area contributed by atoms with Gasteiger partial charge in [-0.25, -0.2) is 17.2 Å². The maximum absolute atomic E-state index is 13.7. The Hall–Kier alpha value is -1.86. The van der Waals surface area contributed by atoms with E-state index in [1.807, 2.05) is 4.72 Å². The number of halogens is 3. The smallest absolute Gasteiger partial charge is 0.264 e. The van der Waals surface area contributed by atoms with Gasteiger partial charge in [0.25, 0.3) is 10.0 Å². The van der Waals surface area contributed by atoms with Gasteiger partial charge in [-0.1, -0.05) is 23.7 Å². The SMILES string of the molecule is CNc1ccccc1S(=O)(=O)Nc1c(F)cc(F)cc1Cl. The third-order valence-electron chi connectivity index (χ3n) is 2.69. The molecule has 2 aromatic rings. The molecule has 112 valence electrons. The second kappa shape index (κ2) is 5.87. The van der Waals surface area contributed by atoms with Gasteiger partial charge in [-0.3, -0.25) is 4.72 Å². The number of sulfonamides is 1. The van der Waals surface area contributed by atoms with Crippen molar-refractivity contribution >= 4 is 33.0 Å². The maximum atomic E-state index is 13.7. The molecule has 0 heterocycles. The van der Waals surface area contributed by atoms with Crippen molar-refractivity contribution < 1.29 is 17.2 Å². The van der Waals surface area contributed by atoms with E-state index in [-0.39, 0.29) is 9.92 Å². The molecule has 0 bridgehead atoms. The van der Waals surface area contributed by atoms with Gasteiger partial charge in [0.15, 0.2) is 5.82 Å². The lowest BCUT2D eigenvalue weighted by Gasteiger charge is -2.13. The summed E-state index contributed by atoms with van der Waals surface area (Å²) in [5, 5.41) is 2.36. The molecule has 0 aliphatic rings. The van der Waals surface area contributed by atoms with Gasteiger partial charge in [0.05, 0.1) is 10.7 Å². The Morgan fingerprint density at radius 1 is 1.14 bits per heavy atom. The van der Waals surface area contributed by atoms with E-state index in [0.717, 1.165) is 6.07 Å². The van der Waals surface area contributed by atoms with E-state index in [1.165, 1.54) is 12.1 Å². The van der Waals surface area contributed by atoms with Crippen molar-refractivity contribution in [2.24, 2.45) is 0 Å². The van der Waals surface area contributed by atoms with Crippen LogP contribution in [0.1, 0.15) is 0 Å². The van der Waals surface area contributed by atoms with Gasteiger partial charge in [0.2, 0.25) is 0 Å². The Bertz CT molecular complexity index is 758. The van der Waals surface area contributed by atoms with Gasteiger partial charge in [0.1, 0.15) is 16.4 Å². The molecule has 0 fully saturated rings. The third-order valence-corrected chi connectivity index (χ3v) is 4.40. The first-order valence-electron chi connectivity index (χ1n) is 5.79. The van der Waals surface area contributed by atoms with Crippen LogP contribution in [0, 0.1) is 11.6 Å². The highest BCUT2D eigenvalue weighted by Crippen LogP contribution is 2.30. The number of hydrogen-bond acceptors (Lipinski definition) is 3. The van der Waals surface area contributed by atoms with Gasteiger partial charge in [-0.05, 0) is 18.2 Å². The van der Waals surface area contributed by atoms with Crippen LogP contribution in [-0.2, 0) is 10.0 Å². The minimum atomic E-state index is -4.07. The molecule has 2 aromatic carbocycles. The van der Waals surface area contributed by atoms with E-state index in [2.05, 4.69) is 5.32 Å². The molecule has 0 aliphatic carbocycles. The molecule has 0 atom stereocenters. The fraction of sp³-hybridized carbons (Fsp3) is 0.0769. The fourth-order valence-corrected chi connectivity index (χ4v) is 3.34. The predicted octanol–water partition coefficient (Wildman–Crippen LogP) is 3.46. The summed E-state index contributed by atoms with van der Waals surface area (Å²) in [6.07, 6.45) is 0. The van der Waals surface area contributed by atoms with Crippen LogP contribution >= 0.6 is 11.6 Å². The molecule has 0 aliphatic heterocycles. The average molecular weight is 333 g/mol. The molecule has 2 rings (SSSR count). The second-order valence-electron chi connectivity index (χ2n) is 4.10. The Morgan fingerprint density at radius 2 is 1.81 bits per heavy atom. The van der Waals surface area contributed by atoms with E-state index < -0.39 is 27.3 Å². The molecule has 21 heavy (non-hydrogen) atoms. The molecule has 0 saturated heterocycles. The van der Waals surface area contributed by atoms with Crippen molar-refractivity contribution in [1.29, 1.82) is 0 Å². The molecule has 0 saturated carbocycles. The Labute approximate surface area is 125 Å². The van der Waals surface area contributed by atoms with Gasteiger partial charge in [-0.15, -0.1) is 0 Å². The van der Waals surface area contributed by atoms with E-state index >= 15 is 0 Å². The second-order valence-corrected chi connectivity index (χ2v) is 6.15. The number of nitrogens with one attached hydrogen (secondary N) is 2. The first-order chi connectivity index (χ1) is 9.85. The normalized spacial score (nSPS) is 11.2. The summed E-state index contributed by atoms with van der Waals surface area (Å²) in [7, 11) is -2.52. The monoisotopic (exact) mass is 332 g/mol. The van der Waals surface area contributed by atoms with Gasteiger partial charge in [0, 0.05) is 13.1 Å². The zero-order chi connectivity index (χ0) is 15.6. The molecule has 2 N–H and O–H groups in total. The Kier molecular flexibility index (Phi) is 4.34. The van der Waals surface area contributed by atoms with E-state index in [1.54, 1.807) is 19.2 Å². The summed E-state index contributed by atoms with van der Waals surface area (Å²) >= 11 is 5.68. The molecule has 4 nitrogen and oxygen atoms in total. The van der Waals surface area contributed by atoms with Crippen molar-refractivity contribution in [1.82, 2.24) is 0 Å². The van der Waals surface area contributed by atoms with Crippen LogP contribution in [0.15, 0.2) is 41.3 Å². The molecule has 0 radical (unpaired) electrons. The highest BCUT2D eigenvalue weighted by molar-refractivity contribution is 7.92. The van der Waals surface area contributed by atoms with Crippen LogP contribution in [0.3, 0.4) is 0 Å². The zero-order valence-electron chi connectivity index (χ0n) is 10.8. The molecular weight excluding hydrogens is 322 g/mol. The lowest BCUT2D eigenvalue weighted by atomic mass is 10.3. The highest BCUT2D eigenvalue weighted by Gasteiger charge is 2.21. The molecule has 0 amide bonds. The molecule has 0 aromatic heterocycles. The van der Waals surface area contributed by atoms with E-state index in [4.69, 9.17) is 11.6 Å². The van der Waals surface area contributed by atoms with Gasteiger partial charge in [-0.2, -0.15) is 0 Å².